The van der Waals surface area contributed by atoms with E-state index >= 15 is 0 Å². The van der Waals surface area contributed by atoms with E-state index in [0.29, 0.717) is 6.92 Å². The van der Waals surface area contributed by atoms with Crippen molar-refractivity contribution in [1.29, 1.82) is 0 Å². The van der Waals surface area contributed by atoms with Crippen molar-refractivity contribution in [3.05, 3.63) is 0 Å². The fourth-order valence-electron chi connectivity index (χ4n) is 0.643. The zero-order valence-electron chi connectivity index (χ0n) is 8.10. The molecular formula is C7H11F3N2O3. The van der Waals surface area contributed by atoms with E-state index in [1.165, 1.54) is 7.05 Å². The van der Waals surface area contributed by atoms with Gasteiger partial charge in [-0.1, -0.05) is 0 Å². The number of rotatable bonds is 4. The molecule has 8 heteroatoms. The first kappa shape index (κ1) is 13.7. The molecule has 0 saturated heterocycles. The molecule has 0 aliphatic rings. The standard InChI is InChI=1S/C7H11F3N2O3/c1-6(5(14)15,7(8,9)10)12-3-4(13)11-2/h12H,3H2,1-2H3,(H,11,13)(H,14,15). The van der Waals surface area contributed by atoms with Gasteiger partial charge in [0, 0.05) is 7.05 Å². The molecule has 0 saturated carbocycles. The average molecular weight is 228 g/mol. The van der Waals surface area contributed by atoms with Crippen LogP contribution in [0.4, 0.5) is 13.2 Å². The average Bonchev–Trinajstić information content (AvgIpc) is 2.11. The van der Waals surface area contributed by atoms with Crippen molar-refractivity contribution in [3.63, 3.8) is 0 Å². The first-order chi connectivity index (χ1) is 6.65. The molecule has 0 aromatic rings. The van der Waals surface area contributed by atoms with Crippen LogP contribution in [0.2, 0.25) is 0 Å². The fourth-order valence-corrected chi connectivity index (χ4v) is 0.643. The summed E-state index contributed by atoms with van der Waals surface area (Å²) in [5.74, 6) is -2.81. The van der Waals surface area contributed by atoms with Gasteiger partial charge in [0.25, 0.3) is 0 Å². The number of halogens is 3. The van der Waals surface area contributed by atoms with E-state index in [9.17, 15) is 22.8 Å². The lowest BCUT2D eigenvalue weighted by Crippen LogP contribution is -2.61. The lowest BCUT2D eigenvalue weighted by atomic mass is 10.0. The van der Waals surface area contributed by atoms with E-state index in [2.05, 4.69) is 5.32 Å². The van der Waals surface area contributed by atoms with E-state index < -0.39 is 30.1 Å². The summed E-state index contributed by atoms with van der Waals surface area (Å²) in [6.07, 6.45) is -4.98. The van der Waals surface area contributed by atoms with Gasteiger partial charge in [0.2, 0.25) is 11.4 Å². The molecule has 0 rings (SSSR count). The van der Waals surface area contributed by atoms with Crippen molar-refractivity contribution in [1.82, 2.24) is 10.6 Å². The molecule has 0 spiro atoms. The van der Waals surface area contributed by atoms with Gasteiger partial charge in [0.05, 0.1) is 6.54 Å². The molecule has 88 valence electrons. The minimum Gasteiger partial charge on any atom is -0.480 e. The maximum absolute atomic E-state index is 12.3. The predicted octanol–water partition coefficient (Wildman–Crippen LogP) is -0.272. The zero-order chi connectivity index (χ0) is 12.3. The summed E-state index contributed by atoms with van der Waals surface area (Å²) in [5, 5.41) is 12.2. The summed E-state index contributed by atoms with van der Waals surface area (Å²) < 4.78 is 37.0. The SMILES string of the molecule is CNC(=O)CNC(C)(C(=O)O)C(F)(F)F. The molecule has 0 aromatic heterocycles. The first-order valence-electron chi connectivity index (χ1n) is 3.91. The van der Waals surface area contributed by atoms with Crippen LogP contribution in [0.3, 0.4) is 0 Å². The Morgan fingerprint density at radius 1 is 1.33 bits per heavy atom. The Morgan fingerprint density at radius 3 is 2.07 bits per heavy atom. The van der Waals surface area contributed by atoms with Gasteiger partial charge in [-0.3, -0.25) is 10.1 Å². The van der Waals surface area contributed by atoms with Gasteiger partial charge in [-0.15, -0.1) is 0 Å². The molecule has 0 radical (unpaired) electrons. The molecule has 1 amide bonds. The Bertz CT molecular complexity index is 267. The fraction of sp³-hybridized carbons (Fsp3) is 0.714. The van der Waals surface area contributed by atoms with E-state index in [-0.39, 0.29) is 0 Å². The van der Waals surface area contributed by atoms with Crippen LogP contribution in [-0.2, 0) is 9.59 Å². The third-order valence-corrected chi connectivity index (χ3v) is 1.88. The molecule has 0 bridgehead atoms. The number of carbonyl (C=O) groups excluding carboxylic acids is 1. The second-order valence-corrected chi connectivity index (χ2v) is 2.95. The van der Waals surface area contributed by atoms with Gasteiger partial charge >= 0.3 is 12.1 Å². The van der Waals surface area contributed by atoms with Gasteiger partial charge in [0.1, 0.15) is 0 Å². The van der Waals surface area contributed by atoms with Crippen LogP contribution >= 0.6 is 0 Å². The number of likely N-dealkylation sites (N-methyl/N-ethyl adjacent to an activating group) is 1. The Labute approximate surface area is 83.6 Å². The maximum Gasteiger partial charge on any atom is 0.417 e. The zero-order valence-corrected chi connectivity index (χ0v) is 8.10. The monoisotopic (exact) mass is 228 g/mol. The second-order valence-electron chi connectivity index (χ2n) is 2.95. The second kappa shape index (κ2) is 4.47. The van der Waals surface area contributed by atoms with E-state index in [1.54, 1.807) is 5.32 Å². The van der Waals surface area contributed by atoms with Gasteiger partial charge in [-0.2, -0.15) is 13.2 Å². The van der Waals surface area contributed by atoms with E-state index in [4.69, 9.17) is 5.11 Å². The molecule has 0 aliphatic carbocycles. The number of carboxylic acid groups (broad SMARTS) is 1. The van der Waals surface area contributed by atoms with Crippen LogP contribution in [-0.4, -0.2) is 42.3 Å². The number of nitrogens with one attached hydrogen (secondary N) is 2. The van der Waals surface area contributed by atoms with Crippen molar-refractivity contribution in [3.8, 4) is 0 Å². The van der Waals surface area contributed by atoms with Gasteiger partial charge in [-0.25, -0.2) is 4.79 Å². The number of carbonyl (C=O) groups is 2. The highest BCUT2D eigenvalue weighted by Gasteiger charge is 2.57. The first-order valence-corrected chi connectivity index (χ1v) is 3.91. The van der Waals surface area contributed by atoms with Crippen molar-refractivity contribution in [2.75, 3.05) is 13.6 Å². The third kappa shape index (κ3) is 3.08. The molecule has 15 heavy (non-hydrogen) atoms. The summed E-state index contributed by atoms with van der Waals surface area (Å²) in [6, 6.07) is 0. The number of hydrogen-bond donors (Lipinski definition) is 3. The summed E-state index contributed by atoms with van der Waals surface area (Å²) >= 11 is 0. The Kier molecular flexibility index (Phi) is 4.08. The predicted molar refractivity (Wildman–Crippen MR) is 44.2 cm³/mol. The highest BCUT2D eigenvalue weighted by atomic mass is 19.4. The quantitative estimate of drug-likeness (QED) is 0.618. The maximum atomic E-state index is 12.3. The number of carboxylic acids is 1. The number of aliphatic carboxylic acids is 1. The van der Waals surface area contributed by atoms with Crippen LogP contribution in [0, 0.1) is 0 Å². The number of hydrogen-bond acceptors (Lipinski definition) is 3. The number of alkyl halides is 3. The molecule has 3 N–H and O–H groups in total. The van der Waals surface area contributed by atoms with Gasteiger partial charge < -0.3 is 10.4 Å². The minimum absolute atomic E-state index is 0.457. The smallest absolute Gasteiger partial charge is 0.417 e. The lowest BCUT2D eigenvalue weighted by Gasteiger charge is -2.28. The van der Waals surface area contributed by atoms with Crippen molar-refractivity contribution in [2.24, 2.45) is 0 Å². The van der Waals surface area contributed by atoms with Gasteiger partial charge in [0.15, 0.2) is 0 Å². The lowest BCUT2D eigenvalue weighted by molar-refractivity contribution is -0.205. The van der Waals surface area contributed by atoms with Crippen LogP contribution < -0.4 is 10.6 Å². The highest BCUT2D eigenvalue weighted by Crippen LogP contribution is 2.30. The van der Waals surface area contributed by atoms with Crippen molar-refractivity contribution < 1.29 is 27.9 Å². The van der Waals surface area contributed by atoms with Crippen LogP contribution in [0.1, 0.15) is 6.92 Å². The number of amides is 1. The summed E-state index contributed by atoms with van der Waals surface area (Å²) in [7, 11) is 1.23. The summed E-state index contributed by atoms with van der Waals surface area (Å²) in [5.41, 5.74) is -3.13. The minimum atomic E-state index is -4.98. The molecule has 1 atom stereocenters. The van der Waals surface area contributed by atoms with Crippen molar-refractivity contribution in [2.45, 2.75) is 18.6 Å². The van der Waals surface area contributed by atoms with E-state index in [0.717, 1.165) is 0 Å². The van der Waals surface area contributed by atoms with Crippen molar-refractivity contribution >= 4 is 11.9 Å². The Hall–Kier alpha value is -1.31. The molecule has 1 unspecified atom stereocenters. The van der Waals surface area contributed by atoms with Crippen LogP contribution in [0.25, 0.3) is 0 Å². The Balaban J connectivity index is 4.69. The van der Waals surface area contributed by atoms with Crippen LogP contribution in [0.15, 0.2) is 0 Å². The van der Waals surface area contributed by atoms with Crippen LogP contribution in [0.5, 0.6) is 0 Å². The summed E-state index contributed by atoms with van der Waals surface area (Å²) in [4.78, 5) is 21.1. The van der Waals surface area contributed by atoms with Gasteiger partial charge in [-0.05, 0) is 6.92 Å². The highest BCUT2D eigenvalue weighted by molar-refractivity contribution is 5.82. The third-order valence-electron chi connectivity index (χ3n) is 1.88. The topological polar surface area (TPSA) is 78.4 Å². The Morgan fingerprint density at radius 2 is 1.80 bits per heavy atom. The molecule has 0 fully saturated rings. The van der Waals surface area contributed by atoms with E-state index in [1.807, 2.05) is 0 Å². The molecule has 0 heterocycles. The molecule has 0 aliphatic heterocycles. The largest absolute Gasteiger partial charge is 0.480 e. The molecule has 5 nitrogen and oxygen atoms in total. The molecule has 0 aromatic carbocycles. The molecular weight excluding hydrogens is 217 g/mol. The normalized spacial score (nSPS) is 15.5. The summed E-state index contributed by atoms with van der Waals surface area (Å²) in [6.45, 7) is -0.267.